The molecule has 0 spiro atoms. The Morgan fingerprint density at radius 3 is 2.23 bits per heavy atom. The molecule has 3 N–H and O–H groups in total. The van der Waals surface area contributed by atoms with Gasteiger partial charge in [0.2, 0.25) is 0 Å². The zero-order valence-corrected chi connectivity index (χ0v) is 13.5. The van der Waals surface area contributed by atoms with Gasteiger partial charge < -0.3 is 10.7 Å². The van der Waals surface area contributed by atoms with Crippen molar-refractivity contribution in [2.45, 2.75) is 31.0 Å². The maximum Gasteiger partial charge on any atom is 0.416 e. The number of rotatable bonds is 2. The Labute approximate surface area is 145 Å². The number of H-pyrrole nitrogens is 1. The Morgan fingerprint density at radius 2 is 1.69 bits per heavy atom. The SMILES string of the molecule is NC1CCC1c1c(-c2ccc(F)cc2)[nH]c2c(F)cc(C(F)(F)F)cc12. The van der Waals surface area contributed by atoms with E-state index in [0.29, 0.717) is 29.3 Å². The number of nitrogens with one attached hydrogen (secondary N) is 1. The van der Waals surface area contributed by atoms with Crippen LogP contribution < -0.4 is 5.73 Å². The van der Waals surface area contributed by atoms with Crippen LogP contribution in [0.3, 0.4) is 0 Å². The number of aromatic nitrogens is 1. The van der Waals surface area contributed by atoms with E-state index < -0.39 is 23.4 Å². The molecule has 0 radical (unpaired) electrons. The number of alkyl halides is 3. The molecule has 4 rings (SSSR count). The molecule has 7 heteroatoms. The molecule has 2 nitrogen and oxygen atoms in total. The average molecular weight is 366 g/mol. The predicted octanol–water partition coefficient (Wildman–Crippen LogP) is 5.34. The second-order valence-corrected chi connectivity index (χ2v) is 6.65. The molecular weight excluding hydrogens is 351 g/mol. The maximum absolute atomic E-state index is 14.4. The van der Waals surface area contributed by atoms with Crippen LogP contribution in [0.15, 0.2) is 36.4 Å². The molecular formula is C19H15F5N2. The average Bonchev–Trinajstić information content (AvgIpc) is 2.93. The number of nitrogens with two attached hydrogens (primary N) is 1. The molecule has 0 saturated heterocycles. The lowest BCUT2D eigenvalue weighted by Crippen LogP contribution is -2.37. The van der Waals surface area contributed by atoms with Crippen LogP contribution in [0.1, 0.15) is 29.9 Å². The lowest BCUT2D eigenvalue weighted by atomic mass is 9.74. The summed E-state index contributed by atoms with van der Waals surface area (Å²) < 4.78 is 67.0. The molecule has 0 amide bonds. The highest BCUT2D eigenvalue weighted by Crippen LogP contribution is 2.46. The van der Waals surface area contributed by atoms with Crippen molar-refractivity contribution in [1.29, 1.82) is 0 Å². The summed E-state index contributed by atoms with van der Waals surface area (Å²) in [6.45, 7) is 0. The first kappa shape index (κ1) is 17.0. The van der Waals surface area contributed by atoms with Crippen LogP contribution in [0.4, 0.5) is 22.0 Å². The van der Waals surface area contributed by atoms with Gasteiger partial charge in [-0.2, -0.15) is 13.2 Å². The third kappa shape index (κ3) is 2.67. The minimum Gasteiger partial charge on any atom is -0.352 e. The van der Waals surface area contributed by atoms with Crippen LogP contribution in [-0.4, -0.2) is 11.0 Å². The van der Waals surface area contributed by atoms with Gasteiger partial charge in [0.05, 0.1) is 16.8 Å². The molecule has 1 aliphatic carbocycles. The Morgan fingerprint density at radius 1 is 1.00 bits per heavy atom. The molecule has 0 aliphatic heterocycles. The fourth-order valence-electron chi connectivity index (χ4n) is 3.55. The normalized spacial score (nSPS) is 20.4. The van der Waals surface area contributed by atoms with Gasteiger partial charge in [-0.3, -0.25) is 0 Å². The molecule has 1 fully saturated rings. The zero-order valence-electron chi connectivity index (χ0n) is 13.5. The van der Waals surface area contributed by atoms with Crippen LogP contribution in [0.2, 0.25) is 0 Å². The molecule has 3 aromatic rings. The molecule has 2 atom stereocenters. The van der Waals surface area contributed by atoms with Crippen molar-refractivity contribution >= 4 is 10.9 Å². The van der Waals surface area contributed by atoms with Gasteiger partial charge in [0, 0.05) is 17.3 Å². The van der Waals surface area contributed by atoms with Gasteiger partial charge in [-0.25, -0.2) is 8.78 Å². The van der Waals surface area contributed by atoms with Crippen molar-refractivity contribution < 1.29 is 22.0 Å². The lowest BCUT2D eigenvalue weighted by Gasteiger charge is -2.34. The fourth-order valence-corrected chi connectivity index (χ4v) is 3.55. The van der Waals surface area contributed by atoms with Gasteiger partial charge in [0.15, 0.2) is 0 Å². The Bertz CT molecular complexity index is 972. The van der Waals surface area contributed by atoms with Crippen molar-refractivity contribution in [1.82, 2.24) is 4.98 Å². The summed E-state index contributed by atoms with van der Waals surface area (Å²) in [5.41, 5.74) is 6.64. The van der Waals surface area contributed by atoms with Crippen LogP contribution >= 0.6 is 0 Å². The number of aromatic amines is 1. The van der Waals surface area contributed by atoms with Gasteiger partial charge in [0.1, 0.15) is 11.6 Å². The molecule has 136 valence electrons. The van der Waals surface area contributed by atoms with Gasteiger partial charge in [0.25, 0.3) is 0 Å². The number of halogens is 5. The molecule has 0 bridgehead atoms. The van der Waals surface area contributed by atoms with Crippen LogP contribution in [0.25, 0.3) is 22.2 Å². The van der Waals surface area contributed by atoms with E-state index in [9.17, 15) is 22.0 Å². The van der Waals surface area contributed by atoms with Crippen LogP contribution in [0, 0.1) is 11.6 Å². The number of hydrogen-bond donors (Lipinski definition) is 2. The van der Waals surface area contributed by atoms with E-state index >= 15 is 0 Å². The van der Waals surface area contributed by atoms with E-state index in [0.717, 1.165) is 12.5 Å². The minimum absolute atomic E-state index is 0.00595. The first-order valence-corrected chi connectivity index (χ1v) is 8.19. The molecule has 1 aliphatic rings. The quantitative estimate of drug-likeness (QED) is 0.591. The molecule has 1 aromatic heterocycles. The Hall–Kier alpha value is -2.41. The van der Waals surface area contributed by atoms with Crippen molar-refractivity contribution in [3.05, 3.63) is 59.2 Å². The van der Waals surface area contributed by atoms with Gasteiger partial charge >= 0.3 is 6.18 Å². The highest BCUT2D eigenvalue weighted by molar-refractivity contribution is 5.92. The smallest absolute Gasteiger partial charge is 0.352 e. The summed E-state index contributed by atoms with van der Waals surface area (Å²) in [6, 6.07) is 6.77. The summed E-state index contributed by atoms with van der Waals surface area (Å²) in [5.74, 6) is -1.58. The third-order valence-electron chi connectivity index (χ3n) is 5.06. The first-order chi connectivity index (χ1) is 12.3. The largest absolute Gasteiger partial charge is 0.416 e. The van der Waals surface area contributed by atoms with Gasteiger partial charge in [-0.05, 0) is 60.4 Å². The number of benzene rings is 2. The molecule has 26 heavy (non-hydrogen) atoms. The van der Waals surface area contributed by atoms with E-state index in [1.54, 1.807) is 0 Å². The zero-order chi connectivity index (χ0) is 18.6. The fraction of sp³-hybridized carbons (Fsp3) is 0.263. The van der Waals surface area contributed by atoms with E-state index in [4.69, 9.17) is 5.73 Å². The molecule has 2 aromatic carbocycles. The highest BCUT2D eigenvalue weighted by atomic mass is 19.4. The second-order valence-electron chi connectivity index (χ2n) is 6.65. The van der Waals surface area contributed by atoms with E-state index in [1.165, 1.54) is 24.3 Å². The predicted molar refractivity (Wildman–Crippen MR) is 88.6 cm³/mol. The molecule has 1 saturated carbocycles. The number of hydrogen-bond acceptors (Lipinski definition) is 1. The van der Waals surface area contributed by atoms with Crippen molar-refractivity contribution in [2.24, 2.45) is 5.73 Å². The van der Waals surface area contributed by atoms with Crippen molar-refractivity contribution in [3.8, 4) is 11.3 Å². The van der Waals surface area contributed by atoms with E-state index in [1.807, 2.05) is 0 Å². The van der Waals surface area contributed by atoms with Crippen molar-refractivity contribution in [3.63, 3.8) is 0 Å². The minimum atomic E-state index is -4.65. The summed E-state index contributed by atoms with van der Waals surface area (Å²) >= 11 is 0. The summed E-state index contributed by atoms with van der Waals surface area (Å²) in [5, 5.41) is 0.178. The third-order valence-corrected chi connectivity index (χ3v) is 5.06. The topological polar surface area (TPSA) is 41.8 Å². The molecule has 1 heterocycles. The van der Waals surface area contributed by atoms with Crippen LogP contribution in [-0.2, 0) is 6.18 Å². The van der Waals surface area contributed by atoms with E-state index in [2.05, 4.69) is 4.98 Å². The highest BCUT2D eigenvalue weighted by Gasteiger charge is 2.36. The standard InChI is InChI=1S/C19H15F5N2/c20-11-3-1-9(2-4-11)17-16(12-5-6-15(12)25)13-7-10(19(22,23)24)8-14(21)18(13)26-17/h1-4,7-8,12,15,26H,5-6,25H2. The summed E-state index contributed by atoms with van der Waals surface area (Å²) in [6.07, 6.45) is -3.19. The van der Waals surface area contributed by atoms with Gasteiger partial charge in [-0.1, -0.05) is 0 Å². The van der Waals surface area contributed by atoms with Crippen molar-refractivity contribution in [2.75, 3.05) is 0 Å². The second kappa shape index (κ2) is 5.81. The monoisotopic (exact) mass is 366 g/mol. The molecule has 2 unspecified atom stereocenters. The van der Waals surface area contributed by atoms with E-state index in [-0.39, 0.29) is 22.9 Å². The Balaban J connectivity index is 2.00. The lowest BCUT2D eigenvalue weighted by molar-refractivity contribution is -0.137. The maximum atomic E-state index is 14.4. The summed E-state index contributed by atoms with van der Waals surface area (Å²) in [7, 11) is 0. The number of fused-ring (bicyclic) bond motifs is 1. The Kier molecular flexibility index (Phi) is 3.80. The van der Waals surface area contributed by atoms with Crippen LogP contribution in [0.5, 0.6) is 0 Å². The first-order valence-electron chi connectivity index (χ1n) is 8.19. The summed E-state index contributed by atoms with van der Waals surface area (Å²) in [4.78, 5) is 2.90. The van der Waals surface area contributed by atoms with Gasteiger partial charge in [-0.15, -0.1) is 0 Å².